The molecule has 1 rings (SSSR count). The number of nitrogens with zero attached hydrogens (tertiary/aromatic N) is 1. The van der Waals surface area contributed by atoms with Gasteiger partial charge >= 0.3 is 0 Å². The molecule has 0 aliphatic rings. The van der Waals surface area contributed by atoms with Crippen LogP contribution in [-0.2, 0) is 16.1 Å². The molecule has 0 fully saturated rings. The van der Waals surface area contributed by atoms with Gasteiger partial charge in [-0.3, -0.25) is 4.79 Å². The van der Waals surface area contributed by atoms with Gasteiger partial charge in [0, 0.05) is 6.42 Å². The summed E-state index contributed by atoms with van der Waals surface area (Å²) in [7, 11) is 0. The van der Waals surface area contributed by atoms with Crippen LogP contribution in [0, 0.1) is 11.3 Å². The summed E-state index contributed by atoms with van der Waals surface area (Å²) in [6.45, 7) is 2.69. The summed E-state index contributed by atoms with van der Waals surface area (Å²) in [4.78, 5) is 11.5. The van der Waals surface area contributed by atoms with Crippen LogP contribution in [-0.4, -0.2) is 18.6 Å². The van der Waals surface area contributed by atoms with E-state index in [-0.39, 0.29) is 12.5 Å². The Morgan fingerprint density at radius 1 is 1.42 bits per heavy atom. The van der Waals surface area contributed by atoms with Crippen molar-refractivity contribution in [2.24, 2.45) is 0 Å². The third-order valence-corrected chi connectivity index (χ3v) is 2.64. The fourth-order valence-electron chi connectivity index (χ4n) is 1.58. The van der Waals surface area contributed by atoms with Crippen LogP contribution in [0.3, 0.4) is 0 Å². The van der Waals surface area contributed by atoms with E-state index in [1.165, 1.54) is 0 Å². The van der Waals surface area contributed by atoms with Crippen molar-refractivity contribution in [3.05, 3.63) is 35.9 Å². The summed E-state index contributed by atoms with van der Waals surface area (Å²) >= 11 is 0. The molecule has 0 aliphatic heterocycles. The highest BCUT2D eigenvalue weighted by atomic mass is 16.5. The Morgan fingerprint density at radius 2 is 2.16 bits per heavy atom. The van der Waals surface area contributed by atoms with Gasteiger partial charge in [-0.15, -0.1) is 0 Å². The summed E-state index contributed by atoms with van der Waals surface area (Å²) in [5.74, 6) is -0.0864. The summed E-state index contributed by atoms with van der Waals surface area (Å²) < 4.78 is 5.44. The van der Waals surface area contributed by atoms with Gasteiger partial charge in [0.15, 0.2) is 0 Å². The van der Waals surface area contributed by atoms with Crippen LogP contribution in [0.1, 0.15) is 31.7 Å². The van der Waals surface area contributed by atoms with E-state index >= 15 is 0 Å². The number of nitrogens with one attached hydrogen (secondary N) is 1. The number of hydrogen-bond donors (Lipinski definition) is 1. The molecule has 0 heterocycles. The first-order chi connectivity index (χ1) is 9.26. The maximum absolute atomic E-state index is 11.5. The fourth-order valence-corrected chi connectivity index (χ4v) is 1.58. The van der Waals surface area contributed by atoms with Gasteiger partial charge in [-0.05, 0) is 12.0 Å². The minimum atomic E-state index is -0.576. The molecule has 0 saturated heterocycles. The van der Waals surface area contributed by atoms with Gasteiger partial charge < -0.3 is 10.1 Å². The van der Waals surface area contributed by atoms with Crippen LogP contribution < -0.4 is 5.32 Å². The number of unbranched alkanes of at least 4 members (excludes halogenated alkanes) is 1. The zero-order valence-corrected chi connectivity index (χ0v) is 11.3. The van der Waals surface area contributed by atoms with E-state index < -0.39 is 6.04 Å². The molecular weight excluding hydrogens is 240 g/mol. The fraction of sp³-hybridized carbons (Fsp3) is 0.467. The monoisotopic (exact) mass is 260 g/mol. The molecule has 0 aromatic heterocycles. The minimum Gasteiger partial charge on any atom is -0.374 e. The molecule has 0 spiro atoms. The van der Waals surface area contributed by atoms with E-state index in [2.05, 4.69) is 5.32 Å². The van der Waals surface area contributed by atoms with Crippen LogP contribution in [0.25, 0.3) is 0 Å². The van der Waals surface area contributed by atoms with Crippen molar-refractivity contribution in [1.82, 2.24) is 5.32 Å². The number of rotatable bonds is 8. The molecule has 1 aromatic rings. The zero-order chi connectivity index (χ0) is 13.9. The molecule has 1 aromatic carbocycles. The minimum absolute atomic E-state index is 0.0864. The lowest BCUT2D eigenvalue weighted by atomic mass is 10.2. The molecule has 1 unspecified atom stereocenters. The molecule has 102 valence electrons. The average molecular weight is 260 g/mol. The van der Waals surface area contributed by atoms with Gasteiger partial charge in [-0.1, -0.05) is 43.7 Å². The molecular formula is C15H20N2O2. The second-order valence-electron chi connectivity index (χ2n) is 4.35. The van der Waals surface area contributed by atoms with Crippen molar-refractivity contribution in [3.8, 4) is 6.07 Å². The average Bonchev–Trinajstić information content (AvgIpc) is 2.45. The van der Waals surface area contributed by atoms with Crippen LogP contribution in [0.15, 0.2) is 30.3 Å². The Kier molecular flexibility index (Phi) is 7.30. The van der Waals surface area contributed by atoms with E-state index in [1.54, 1.807) is 0 Å². The number of amides is 1. The lowest BCUT2D eigenvalue weighted by molar-refractivity contribution is -0.122. The molecule has 0 bridgehead atoms. The van der Waals surface area contributed by atoms with Crippen molar-refractivity contribution in [2.45, 2.75) is 38.8 Å². The second-order valence-corrected chi connectivity index (χ2v) is 4.35. The van der Waals surface area contributed by atoms with Gasteiger partial charge in [-0.2, -0.15) is 5.26 Å². The van der Waals surface area contributed by atoms with Crippen LogP contribution in [0.2, 0.25) is 0 Å². The van der Waals surface area contributed by atoms with Crippen LogP contribution in [0.5, 0.6) is 0 Å². The Morgan fingerprint density at radius 3 is 2.79 bits per heavy atom. The standard InChI is InChI=1S/C15H20N2O2/c1-2-3-9-15(18)17-14(10-16)12-19-11-13-7-5-4-6-8-13/h4-8,14H,2-3,9,11-12H2,1H3,(H,17,18). The Labute approximate surface area is 114 Å². The van der Waals surface area contributed by atoms with Crippen LogP contribution in [0.4, 0.5) is 0 Å². The van der Waals surface area contributed by atoms with E-state index in [1.807, 2.05) is 43.3 Å². The first kappa shape index (κ1) is 15.2. The van der Waals surface area contributed by atoms with Gasteiger partial charge in [0.1, 0.15) is 6.04 Å². The maximum atomic E-state index is 11.5. The van der Waals surface area contributed by atoms with Crippen molar-refractivity contribution >= 4 is 5.91 Å². The van der Waals surface area contributed by atoms with Gasteiger partial charge in [0.2, 0.25) is 5.91 Å². The van der Waals surface area contributed by atoms with Gasteiger partial charge in [0.05, 0.1) is 19.3 Å². The highest BCUT2D eigenvalue weighted by molar-refractivity contribution is 5.76. The van der Waals surface area contributed by atoms with Crippen molar-refractivity contribution in [2.75, 3.05) is 6.61 Å². The first-order valence-corrected chi connectivity index (χ1v) is 6.57. The van der Waals surface area contributed by atoms with Crippen molar-refractivity contribution in [3.63, 3.8) is 0 Å². The van der Waals surface area contributed by atoms with E-state index in [4.69, 9.17) is 10.00 Å². The first-order valence-electron chi connectivity index (χ1n) is 6.57. The third kappa shape index (κ3) is 6.58. The highest BCUT2D eigenvalue weighted by Crippen LogP contribution is 2.01. The third-order valence-electron chi connectivity index (χ3n) is 2.64. The molecule has 4 nitrogen and oxygen atoms in total. The molecule has 0 aliphatic carbocycles. The molecule has 0 saturated carbocycles. The predicted molar refractivity (Wildman–Crippen MR) is 73.2 cm³/mol. The van der Waals surface area contributed by atoms with E-state index in [9.17, 15) is 4.79 Å². The quantitative estimate of drug-likeness (QED) is 0.780. The lowest BCUT2D eigenvalue weighted by Gasteiger charge is -2.12. The number of carbonyl (C=O) groups is 1. The molecule has 1 N–H and O–H groups in total. The predicted octanol–water partition coefficient (Wildman–Crippen LogP) is 2.40. The summed E-state index contributed by atoms with van der Waals surface area (Å²) in [6, 6.07) is 11.2. The molecule has 4 heteroatoms. The molecule has 1 amide bonds. The molecule has 0 radical (unpaired) electrons. The SMILES string of the molecule is CCCCC(=O)NC(C#N)COCc1ccccc1. The normalized spacial score (nSPS) is 11.6. The summed E-state index contributed by atoms with van der Waals surface area (Å²) in [5, 5.41) is 11.6. The van der Waals surface area contributed by atoms with E-state index in [0.717, 1.165) is 18.4 Å². The number of benzene rings is 1. The summed E-state index contributed by atoms with van der Waals surface area (Å²) in [6.07, 6.45) is 2.28. The maximum Gasteiger partial charge on any atom is 0.221 e. The van der Waals surface area contributed by atoms with E-state index in [0.29, 0.717) is 13.0 Å². The Hall–Kier alpha value is -1.86. The molecule has 19 heavy (non-hydrogen) atoms. The highest BCUT2D eigenvalue weighted by Gasteiger charge is 2.10. The zero-order valence-electron chi connectivity index (χ0n) is 11.3. The van der Waals surface area contributed by atoms with Crippen molar-refractivity contribution < 1.29 is 9.53 Å². The Balaban J connectivity index is 2.25. The smallest absolute Gasteiger partial charge is 0.221 e. The summed E-state index contributed by atoms with van der Waals surface area (Å²) in [5.41, 5.74) is 1.05. The lowest BCUT2D eigenvalue weighted by Crippen LogP contribution is -2.36. The van der Waals surface area contributed by atoms with Gasteiger partial charge in [-0.25, -0.2) is 0 Å². The Bertz CT molecular complexity index is 412. The largest absolute Gasteiger partial charge is 0.374 e. The second kappa shape index (κ2) is 9.12. The molecule has 1 atom stereocenters. The number of ether oxygens (including phenoxy) is 1. The number of hydrogen-bond acceptors (Lipinski definition) is 3. The van der Waals surface area contributed by atoms with Gasteiger partial charge in [0.25, 0.3) is 0 Å². The topological polar surface area (TPSA) is 62.1 Å². The van der Waals surface area contributed by atoms with Crippen molar-refractivity contribution in [1.29, 1.82) is 5.26 Å². The number of carbonyl (C=O) groups excluding carboxylic acids is 1. The van der Waals surface area contributed by atoms with Crippen LogP contribution >= 0.6 is 0 Å². The number of nitriles is 1.